The molecule has 34 heavy (non-hydrogen) atoms. The van der Waals surface area contributed by atoms with E-state index in [-0.39, 0.29) is 0 Å². The van der Waals surface area contributed by atoms with Gasteiger partial charge in [0.1, 0.15) is 0 Å². The average molecular weight is 573 g/mol. The van der Waals surface area contributed by atoms with E-state index >= 15 is 0 Å². The Morgan fingerprint density at radius 3 is 0.441 bits per heavy atom. The van der Waals surface area contributed by atoms with Crippen molar-refractivity contribution in [1.29, 1.82) is 0 Å². The van der Waals surface area contributed by atoms with Gasteiger partial charge in [-0.15, -0.1) is 0 Å². The molecule has 0 atom stereocenters. The predicted octanol–water partition coefficient (Wildman–Crippen LogP) is 2.93. The molecule has 0 aliphatic carbocycles. The number of nitrogens with zero attached hydrogens (tertiary/aromatic N) is 8. The fourth-order valence-corrected chi connectivity index (χ4v) is 12.0. The Hall–Kier alpha value is 0.520. The van der Waals surface area contributed by atoms with Crippen LogP contribution in [0.4, 0.5) is 0 Å². The first-order chi connectivity index (χ1) is 15.0. The first-order valence-electron chi connectivity index (χ1n) is 10.2. The Morgan fingerprint density at radius 2 is 0.382 bits per heavy atom. The van der Waals surface area contributed by atoms with Crippen LogP contribution in [-0.2, 0) is 26.9 Å². The van der Waals surface area contributed by atoms with Crippen molar-refractivity contribution in [2.75, 3.05) is 113 Å². The van der Waals surface area contributed by atoms with Crippen LogP contribution >= 0.6 is 30.7 Å². The molecule has 0 rings (SSSR count). The standard InChI is InChI=1S/2C8H24N4O3P2/c2*1-9(2)16(13,10(3)4)15-17(14,11(5)6)12(7)8/h2*1-8H3. The highest BCUT2D eigenvalue weighted by atomic mass is 31.3. The summed E-state index contributed by atoms with van der Waals surface area (Å²) in [5.74, 6) is 0. The number of rotatable bonds is 12. The second-order valence-electron chi connectivity index (χ2n) is 8.90. The third-order valence-electron chi connectivity index (χ3n) is 4.47. The minimum absolute atomic E-state index is 1.45. The molecule has 0 heterocycles. The van der Waals surface area contributed by atoms with Crippen molar-refractivity contribution in [3.63, 3.8) is 0 Å². The van der Waals surface area contributed by atoms with Crippen LogP contribution in [0, 0.1) is 0 Å². The molecule has 0 aromatic heterocycles. The fraction of sp³-hybridized carbons (Fsp3) is 1.00. The molecular weight excluding hydrogens is 524 g/mol. The Balaban J connectivity index is 0. The summed E-state index contributed by atoms with van der Waals surface area (Å²) in [6, 6.07) is 0. The maximum absolute atomic E-state index is 12.6. The SMILES string of the molecule is CN(C)P(=O)(OP(=O)(N(C)C)N(C)C)N(C)C.CN(C)P(=O)(OP(=O)(N(C)C)N(C)C)N(C)C. The summed E-state index contributed by atoms with van der Waals surface area (Å²) in [4.78, 5) is 0. The quantitative estimate of drug-likeness (QED) is 0.319. The van der Waals surface area contributed by atoms with Gasteiger partial charge in [0, 0.05) is 0 Å². The van der Waals surface area contributed by atoms with Crippen molar-refractivity contribution in [3.05, 3.63) is 0 Å². The van der Waals surface area contributed by atoms with E-state index in [0.29, 0.717) is 0 Å². The van der Waals surface area contributed by atoms with E-state index in [9.17, 15) is 18.3 Å². The predicted molar refractivity (Wildman–Crippen MR) is 142 cm³/mol. The molecule has 18 heteroatoms. The molecule has 0 aromatic carbocycles. The van der Waals surface area contributed by atoms with Crippen LogP contribution in [-0.4, -0.2) is 150 Å². The smallest absolute Gasteiger partial charge is 0.255 e. The van der Waals surface area contributed by atoms with Crippen molar-refractivity contribution >= 4 is 30.7 Å². The van der Waals surface area contributed by atoms with Crippen LogP contribution in [0.3, 0.4) is 0 Å². The summed E-state index contributed by atoms with van der Waals surface area (Å²) in [6.45, 7) is 0. The molecule has 0 spiro atoms. The first-order valence-corrected chi connectivity index (χ1v) is 16.3. The van der Waals surface area contributed by atoms with Crippen LogP contribution in [0.5, 0.6) is 0 Å². The zero-order chi connectivity index (χ0) is 28.0. The van der Waals surface area contributed by atoms with Gasteiger partial charge in [-0.05, 0) is 113 Å². The molecular formula is C16H48N8O6P4. The largest absolute Gasteiger partial charge is 0.352 e. The zero-order valence-corrected chi connectivity index (χ0v) is 27.4. The normalized spacial score (nSPS) is 14.4. The average Bonchev–Trinajstić information content (AvgIpc) is 2.66. The van der Waals surface area contributed by atoms with Gasteiger partial charge in [-0.25, -0.2) is 46.0 Å². The molecule has 0 aliphatic rings. The molecule has 0 aliphatic heterocycles. The molecule has 0 saturated heterocycles. The molecule has 0 saturated carbocycles. The first kappa shape index (κ1) is 36.7. The van der Waals surface area contributed by atoms with Crippen LogP contribution in [0.25, 0.3) is 0 Å². The lowest BCUT2D eigenvalue weighted by molar-refractivity contribution is 0.302. The summed E-state index contributed by atoms with van der Waals surface area (Å²) >= 11 is 0. The van der Waals surface area contributed by atoms with E-state index in [1.807, 2.05) is 0 Å². The summed E-state index contributed by atoms with van der Waals surface area (Å²) in [6.07, 6.45) is 0. The van der Waals surface area contributed by atoms with Crippen molar-refractivity contribution in [2.45, 2.75) is 0 Å². The molecule has 208 valence electrons. The Morgan fingerprint density at radius 1 is 0.294 bits per heavy atom. The molecule has 0 fully saturated rings. The van der Waals surface area contributed by atoms with Gasteiger partial charge in [-0.1, -0.05) is 0 Å². The summed E-state index contributed by atoms with van der Waals surface area (Å²) < 4.78 is 73.1. The number of hydrogen-bond acceptors (Lipinski definition) is 6. The molecule has 0 radical (unpaired) electrons. The topological polar surface area (TPSA) is 113 Å². The lowest BCUT2D eigenvalue weighted by Gasteiger charge is -2.36. The van der Waals surface area contributed by atoms with Crippen molar-refractivity contribution < 1.29 is 26.9 Å². The van der Waals surface area contributed by atoms with Gasteiger partial charge in [0.05, 0.1) is 0 Å². The molecule has 14 nitrogen and oxygen atoms in total. The minimum atomic E-state index is -3.27. The molecule has 0 aromatic rings. The van der Waals surface area contributed by atoms with Crippen LogP contribution in [0.2, 0.25) is 0 Å². The van der Waals surface area contributed by atoms with Gasteiger partial charge in [0.15, 0.2) is 0 Å². The monoisotopic (exact) mass is 572 g/mol. The van der Waals surface area contributed by atoms with Crippen LogP contribution in [0.15, 0.2) is 0 Å². The van der Waals surface area contributed by atoms with Crippen molar-refractivity contribution in [1.82, 2.24) is 37.4 Å². The lowest BCUT2D eigenvalue weighted by Crippen LogP contribution is -2.28. The summed E-state index contributed by atoms with van der Waals surface area (Å²) in [7, 11) is 13.1. The Bertz CT molecular complexity index is 641. The van der Waals surface area contributed by atoms with Crippen molar-refractivity contribution in [3.8, 4) is 0 Å². The van der Waals surface area contributed by atoms with Crippen LogP contribution < -0.4 is 0 Å². The van der Waals surface area contributed by atoms with E-state index in [0.717, 1.165) is 0 Å². The zero-order valence-electron chi connectivity index (χ0n) is 23.8. The van der Waals surface area contributed by atoms with Crippen molar-refractivity contribution in [2.24, 2.45) is 0 Å². The van der Waals surface area contributed by atoms with Gasteiger partial charge in [0.2, 0.25) is 0 Å². The molecule has 0 N–H and O–H groups in total. The molecule has 0 unspecified atom stereocenters. The Labute approximate surface area is 207 Å². The minimum Gasteiger partial charge on any atom is -0.255 e. The third kappa shape index (κ3) is 8.82. The Kier molecular flexibility index (Phi) is 15.0. The van der Waals surface area contributed by atoms with E-state index in [1.54, 1.807) is 113 Å². The highest BCUT2D eigenvalue weighted by Crippen LogP contribution is 2.67. The van der Waals surface area contributed by atoms with Crippen LogP contribution in [0.1, 0.15) is 0 Å². The van der Waals surface area contributed by atoms with Gasteiger partial charge < -0.3 is 0 Å². The van der Waals surface area contributed by atoms with Gasteiger partial charge >= 0.3 is 30.7 Å². The number of hydrogen-bond donors (Lipinski definition) is 0. The van der Waals surface area contributed by atoms with E-state index in [4.69, 9.17) is 8.62 Å². The van der Waals surface area contributed by atoms with E-state index in [1.165, 1.54) is 37.4 Å². The van der Waals surface area contributed by atoms with Gasteiger partial charge in [0.25, 0.3) is 0 Å². The van der Waals surface area contributed by atoms with Gasteiger partial charge in [-0.3, -0.25) is 18.3 Å². The second kappa shape index (κ2) is 13.9. The van der Waals surface area contributed by atoms with E-state index in [2.05, 4.69) is 0 Å². The van der Waals surface area contributed by atoms with E-state index < -0.39 is 30.7 Å². The highest BCUT2D eigenvalue weighted by Gasteiger charge is 2.43. The third-order valence-corrected chi connectivity index (χ3v) is 16.0. The second-order valence-corrected chi connectivity index (χ2v) is 20.5. The van der Waals surface area contributed by atoms with Gasteiger partial charge in [-0.2, -0.15) is 0 Å². The maximum atomic E-state index is 12.6. The lowest BCUT2D eigenvalue weighted by atomic mass is 11.3. The summed E-state index contributed by atoms with van der Waals surface area (Å²) in [5, 5.41) is 0. The maximum Gasteiger partial charge on any atom is 0.352 e. The highest BCUT2D eigenvalue weighted by molar-refractivity contribution is 7.67. The molecule has 0 bridgehead atoms. The fourth-order valence-electron chi connectivity index (χ4n) is 2.29. The molecule has 0 amide bonds. The summed E-state index contributed by atoms with van der Waals surface area (Å²) in [5.41, 5.74) is 0.